The Morgan fingerprint density at radius 1 is 1.06 bits per heavy atom. The van der Waals surface area contributed by atoms with Crippen molar-refractivity contribution < 1.29 is 29.0 Å². The van der Waals surface area contributed by atoms with E-state index in [9.17, 15) is 19.2 Å². The number of esters is 1. The van der Waals surface area contributed by atoms with Crippen molar-refractivity contribution in [2.45, 2.75) is 38.1 Å². The van der Waals surface area contributed by atoms with Crippen LogP contribution in [0.2, 0.25) is 0 Å². The summed E-state index contributed by atoms with van der Waals surface area (Å²) in [7, 11) is 1.24. The second kappa shape index (κ2) is 9.28. The van der Waals surface area contributed by atoms with Crippen LogP contribution in [0.3, 0.4) is 0 Å². The molecule has 1 aliphatic rings. The molecule has 8 heteroatoms. The first-order valence-electron chi connectivity index (χ1n) is 10.8. The summed E-state index contributed by atoms with van der Waals surface area (Å²) in [5.41, 5.74) is 3.29. The fourth-order valence-corrected chi connectivity index (χ4v) is 4.28. The molecule has 33 heavy (non-hydrogen) atoms. The summed E-state index contributed by atoms with van der Waals surface area (Å²) < 4.78 is 4.93. The number of nitrogens with one attached hydrogen (secondary N) is 1. The number of H-pyrrole nitrogens is 1. The number of fused-ring (bicyclic) bond motifs is 2. The lowest BCUT2D eigenvalue weighted by Gasteiger charge is -2.23. The van der Waals surface area contributed by atoms with Crippen molar-refractivity contribution >= 4 is 34.7 Å². The van der Waals surface area contributed by atoms with Gasteiger partial charge in [0, 0.05) is 29.9 Å². The first kappa shape index (κ1) is 22.3. The minimum absolute atomic E-state index is 0.121. The maximum atomic E-state index is 12.9. The predicted octanol–water partition coefficient (Wildman–Crippen LogP) is 3.35. The van der Waals surface area contributed by atoms with Gasteiger partial charge in [0.05, 0.1) is 18.2 Å². The molecular formula is C25H24N2O6. The zero-order valence-electron chi connectivity index (χ0n) is 18.2. The molecule has 1 aromatic heterocycles. The molecule has 8 nitrogen and oxygen atoms in total. The summed E-state index contributed by atoms with van der Waals surface area (Å²) in [5, 5.41) is 9.65. The zero-order valence-corrected chi connectivity index (χ0v) is 18.2. The fourth-order valence-electron chi connectivity index (χ4n) is 4.28. The number of nitrogens with zero attached hydrogens (tertiary/aromatic N) is 1. The minimum Gasteiger partial charge on any atom is -0.481 e. The molecule has 0 saturated heterocycles. The first-order valence-corrected chi connectivity index (χ1v) is 10.8. The highest BCUT2D eigenvalue weighted by Gasteiger charge is 2.43. The van der Waals surface area contributed by atoms with Crippen molar-refractivity contribution in [2.75, 3.05) is 7.11 Å². The van der Waals surface area contributed by atoms with E-state index in [1.165, 1.54) is 7.11 Å². The molecule has 0 saturated carbocycles. The third-order valence-corrected chi connectivity index (χ3v) is 5.96. The number of unbranched alkanes of at least 4 members (excludes halogenated alkanes) is 1. The molecule has 4 rings (SSSR count). The number of hydrogen-bond acceptors (Lipinski definition) is 5. The number of carboxylic acids is 1. The van der Waals surface area contributed by atoms with Gasteiger partial charge in [-0.15, -0.1) is 0 Å². The van der Waals surface area contributed by atoms with Crippen LogP contribution in [0.4, 0.5) is 0 Å². The quantitative estimate of drug-likeness (QED) is 0.295. The molecule has 0 fully saturated rings. The lowest BCUT2D eigenvalue weighted by Crippen LogP contribution is -2.46. The van der Waals surface area contributed by atoms with Gasteiger partial charge in [0.25, 0.3) is 11.8 Å². The van der Waals surface area contributed by atoms with Crippen LogP contribution in [0.5, 0.6) is 0 Å². The third-order valence-electron chi connectivity index (χ3n) is 5.96. The van der Waals surface area contributed by atoms with Crippen LogP contribution in [0.25, 0.3) is 10.9 Å². The number of aliphatic carboxylic acids is 1. The van der Waals surface area contributed by atoms with Crippen LogP contribution in [0, 0.1) is 0 Å². The Kier molecular flexibility index (Phi) is 6.26. The van der Waals surface area contributed by atoms with Crippen molar-refractivity contribution in [3.05, 3.63) is 70.9 Å². The second-order valence-corrected chi connectivity index (χ2v) is 8.06. The number of aromatic amines is 1. The maximum absolute atomic E-state index is 12.9. The van der Waals surface area contributed by atoms with E-state index in [2.05, 4.69) is 4.98 Å². The molecule has 2 heterocycles. The molecule has 1 atom stereocenters. The number of carbonyl (C=O) groups excluding carboxylic acids is 3. The molecule has 0 radical (unpaired) electrons. The van der Waals surface area contributed by atoms with Gasteiger partial charge in [0.1, 0.15) is 6.04 Å². The molecule has 0 bridgehead atoms. The van der Waals surface area contributed by atoms with E-state index in [0.29, 0.717) is 6.42 Å². The Balaban J connectivity index is 1.56. The van der Waals surface area contributed by atoms with Crippen molar-refractivity contribution in [3.63, 3.8) is 0 Å². The van der Waals surface area contributed by atoms with E-state index >= 15 is 0 Å². The summed E-state index contributed by atoms with van der Waals surface area (Å²) in [6, 6.07) is 11.3. The Bertz CT molecular complexity index is 1210. The van der Waals surface area contributed by atoms with Crippen molar-refractivity contribution in [3.8, 4) is 0 Å². The minimum atomic E-state index is -1.09. The number of aryl methyl sites for hydroxylation is 1. The highest BCUT2D eigenvalue weighted by atomic mass is 16.5. The third kappa shape index (κ3) is 4.37. The molecule has 0 unspecified atom stereocenters. The van der Waals surface area contributed by atoms with E-state index < -0.39 is 29.8 Å². The van der Waals surface area contributed by atoms with E-state index in [-0.39, 0.29) is 24.0 Å². The Labute approximate surface area is 190 Å². The van der Waals surface area contributed by atoms with Crippen molar-refractivity contribution in [2.24, 2.45) is 0 Å². The molecular weight excluding hydrogens is 424 g/mol. The van der Waals surface area contributed by atoms with Crippen LogP contribution >= 0.6 is 0 Å². The molecule has 0 aliphatic carbocycles. The lowest BCUT2D eigenvalue weighted by molar-refractivity contribution is -0.145. The molecule has 2 N–H and O–H groups in total. The highest BCUT2D eigenvalue weighted by molar-refractivity contribution is 6.22. The normalized spacial score (nSPS) is 13.9. The number of benzene rings is 2. The first-order chi connectivity index (χ1) is 15.9. The average Bonchev–Trinajstić information content (AvgIpc) is 3.32. The topological polar surface area (TPSA) is 117 Å². The summed E-state index contributed by atoms with van der Waals surface area (Å²) >= 11 is 0. The molecule has 0 spiro atoms. The van der Waals surface area contributed by atoms with Crippen LogP contribution in [0.15, 0.2) is 48.7 Å². The van der Waals surface area contributed by atoms with Gasteiger partial charge in [-0.2, -0.15) is 0 Å². The van der Waals surface area contributed by atoms with Gasteiger partial charge in [-0.25, -0.2) is 4.79 Å². The molecule has 170 valence electrons. The van der Waals surface area contributed by atoms with E-state index in [1.807, 2.05) is 18.2 Å². The smallest absolute Gasteiger partial charge is 0.329 e. The number of aromatic nitrogens is 1. The SMILES string of the molecule is COC(=O)[C@H](Cc1c[nH]c2cc(CCCCC(=O)O)ccc12)N1C(=O)c2ccccc2C1=O. The van der Waals surface area contributed by atoms with Gasteiger partial charge in [0.15, 0.2) is 0 Å². The monoisotopic (exact) mass is 448 g/mol. The Hall–Kier alpha value is -3.94. The zero-order chi connectivity index (χ0) is 23.5. The number of amides is 2. The van der Waals surface area contributed by atoms with E-state index in [4.69, 9.17) is 9.84 Å². The van der Waals surface area contributed by atoms with Crippen LogP contribution in [-0.2, 0) is 27.2 Å². The molecule has 2 amide bonds. The summed E-state index contributed by atoms with van der Waals surface area (Å²) in [6.07, 6.45) is 4.20. The number of carboxylic acid groups (broad SMARTS) is 1. The van der Waals surface area contributed by atoms with Gasteiger partial charge >= 0.3 is 11.9 Å². The molecule has 2 aromatic carbocycles. The van der Waals surface area contributed by atoms with Crippen molar-refractivity contribution in [1.29, 1.82) is 0 Å². The van der Waals surface area contributed by atoms with Crippen molar-refractivity contribution in [1.82, 2.24) is 9.88 Å². The van der Waals surface area contributed by atoms with Gasteiger partial charge in [-0.3, -0.25) is 19.3 Å². The fraction of sp³-hybridized carbons (Fsp3) is 0.280. The molecule has 1 aliphatic heterocycles. The van der Waals surface area contributed by atoms with E-state index in [1.54, 1.807) is 30.5 Å². The van der Waals surface area contributed by atoms with Crippen LogP contribution in [-0.4, -0.2) is 51.9 Å². The van der Waals surface area contributed by atoms with Gasteiger partial charge < -0.3 is 14.8 Å². The van der Waals surface area contributed by atoms with Gasteiger partial charge in [0.2, 0.25) is 0 Å². The van der Waals surface area contributed by atoms with E-state index in [0.717, 1.165) is 39.8 Å². The number of ether oxygens (including phenoxy) is 1. The highest BCUT2D eigenvalue weighted by Crippen LogP contribution is 2.28. The predicted molar refractivity (Wildman–Crippen MR) is 120 cm³/mol. The number of rotatable bonds is 9. The lowest BCUT2D eigenvalue weighted by atomic mass is 10.0. The number of imide groups is 1. The number of hydrogen-bond donors (Lipinski definition) is 2. The van der Waals surface area contributed by atoms with Crippen LogP contribution in [0.1, 0.15) is 51.1 Å². The summed E-state index contributed by atoms with van der Waals surface area (Å²) in [5.74, 6) is -2.46. The standard InChI is InChI=1S/C25H24N2O6/c1-33-25(32)21(27-23(30)18-7-3-4-8-19(18)24(27)31)13-16-14-26-20-12-15(10-11-17(16)20)6-2-5-9-22(28)29/h3-4,7-8,10-12,14,21,26H,2,5-6,9,13H2,1H3,(H,28,29)/t21-/m0/s1. The Morgan fingerprint density at radius 2 is 1.76 bits per heavy atom. The Morgan fingerprint density at radius 3 is 2.39 bits per heavy atom. The number of carbonyl (C=O) groups is 4. The number of methoxy groups -OCH3 is 1. The average molecular weight is 448 g/mol. The van der Waals surface area contributed by atoms with Gasteiger partial charge in [-0.1, -0.05) is 24.3 Å². The maximum Gasteiger partial charge on any atom is 0.329 e. The second-order valence-electron chi connectivity index (χ2n) is 8.06. The summed E-state index contributed by atoms with van der Waals surface area (Å²) in [4.78, 5) is 53.3. The largest absolute Gasteiger partial charge is 0.481 e. The van der Waals surface area contributed by atoms with Gasteiger partial charge in [-0.05, 0) is 48.6 Å². The summed E-state index contributed by atoms with van der Waals surface area (Å²) in [6.45, 7) is 0. The molecule has 3 aromatic rings. The van der Waals surface area contributed by atoms with Crippen LogP contribution < -0.4 is 0 Å².